The van der Waals surface area contributed by atoms with Gasteiger partial charge in [-0.3, -0.25) is 10.1 Å². The second-order valence-corrected chi connectivity index (χ2v) is 4.05. The molecule has 7 nitrogen and oxygen atoms in total. The van der Waals surface area contributed by atoms with Crippen LogP contribution in [0, 0.1) is 10.1 Å². The lowest BCUT2D eigenvalue weighted by Gasteiger charge is -2.06. The lowest BCUT2D eigenvalue weighted by molar-refractivity contribution is -0.404. The highest BCUT2D eigenvalue weighted by molar-refractivity contribution is 7.99. The summed E-state index contributed by atoms with van der Waals surface area (Å²) in [5.74, 6) is 1.24. The summed E-state index contributed by atoms with van der Waals surface area (Å²) in [6, 6.07) is 0. The minimum absolute atomic E-state index is 0.399. The number of hydrogen-bond donors (Lipinski definition) is 2. The Morgan fingerprint density at radius 3 is 3.18 bits per heavy atom. The molecule has 1 rings (SSSR count). The average molecular weight is 258 g/mol. The van der Waals surface area contributed by atoms with E-state index in [9.17, 15) is 10.1 Å². The van der Waals surface area contributed by atoms with E-state index in [1.54, 1.807) is 13.2 Å². The van der Waals surface area contributed by atoms with E-state index >= 15 is 0 Å². The van der Waals surface area contributed by atoms with Gasteiger partial charge in [0.1, 0.15) is 6.26 Å². The highest BCUT2D eigenvalue weighted by Crippen LogP contribution is 2.14. The molecule has 0 aliphatic rings. The van der Waals surface area contributed by atoms with Gasteiger partial charge >= 0.3 is 0 Å². The molecule has 0 atom stereocenters. The van der Waals surface area contributed by atoms with Crippen molar-refractivity contribution in [3.8, 4) is 0 Å². The number of nitrogens with zero attached hydrogens (tertiary/aromatic N) is 2. The second-order valence-electron chi connectivity index (χ2n) is 3.00. The molecule has 0 aliphatic carbocycles. The van der Waals surface area contributed by atoms with Crippen molar-refractivity contribution in [3.63, 3.8) is 0 Å². The van der Waals surface area contributed by atoms with Crippen LogP contribution in [-0.2, 0) is 0 Å². The first-order chi connectivity index (χ1) is 8.22. The monoisotopic (exact) mass is 258 g/mol. The minimum atomic E-state index is -0.500. The van der Waals surface area contributed by atoms with Gasteiger partial charge in [0.15, 0.2) is 5.82 Å². The van der Waals surface area contributed by atoms with Crippen molar-refractivity contribution < 1.29 is 9.34 Å². The Morgan fingerprint density at radius 2 is 2.59 bits per heavy atom. The van der Waals surface area contributed by atoms with Crippen molar-refractivity contribution in [1.29, 1.82) is 0 Å². The Bertz CT molecular complexity index is 366. The van der Waals surface area contributed by atoms with Gasteiger partial charge in [0.25, 0.3) is 11.4 Å². The number of hydrogen-bond acceptors (Lipinski definition) is 7. The molecule has 0 spiro atoms. The Morgan fingerprint density at radius 1 is 1.76 bits per heavy atom. The molecule has 0 radical (unpaired) electrons. The summed E-state index contributed by atoms with van der Waals surface area (Å²) in [7, 11) is 1.63. The van der Waals surface area contributed by atoms with E-state index in [0.717, 1.165) is 18.4 Å². The predicted molar refractivity (Wildman–Crippen MR) is 64.0 cm³/mol. The van der Waals surface area contributed by atoms with Gasteiger partial charge in [-0.25, -0.2) is 4.98 Å². The number of rotatable bonds is 8. The molecule has 0 unspecified atom stereocenters. The Kier molecular flexibility index (Phi) is 5.94. The standard InChI is InChI=1S/C9H14N4O3S/c1-10-8(7-13(14)15)11-3-2-6-17-9-12-4-5-16-9/h4-5,7,10-11H,2-3,6H2,1H3. The van der Waals surface area contributed by atoms with E-state index in [4.69, 9.17) is 4.42 Å². The summed E-state index contributed by atoms with van der Waals surface area (Å²) in [5.41, 5.74) is 0. The molecule has 2 N–H and O–H groups in total. The average Bonchev–Trinajstić information content (AvgIpc) is 2.79. The molecule has 8 heteroatoms. The topological polar surface area (TPSA) is 93.2 Å². The van der Waals surface area contributed by atoms with E-state index in [1.165, 1.54) is 18.0 Å². The molecule has 0 amide bonds. The number of oxazole rings is 1. The quantitative estimate of drug-likeness (QED) is 0.311. The van der Waals surface area contributed by atoms with Gasteiger partial charge in [-0.2, -0.15) is 0 Å². The maximum absolute atomic E-state index is 10.2. The molecule has 0 aromatic carbocycles. The molecule has 0 bridgehead atoms. The lowest BCUT2D eigenvalue weighted by Crippen LogP contribution is -2.25. The van der Waals surface area contributed by atoms with Crippen LogP contribution in [-0.4, -0.2) is 29.3 Å². The lowest BCUT2D eigenvalue weighted by atomic mass is 10.5. The number of thioether (sulfide) groups is 1. The summed E-state index contributed by atoms with van der Waals surface area (Å²) < 4.78 is 5.05. The molecule has 0 saturated carbocycles. The zero-order valence-electron chi connectivity index (χ0n) is 9.38. The van der Waals surface area contributed by atoms with E-state index in [1.807, 2.05) is 0 Å². The summed E-state index contributed by atoms with van der Waals surface area (Å²) in [6.07, 6.45) is 4.88. The van der Waals surface area contributed by atoms with Crippen molar-refractivity contribution in [2.75, 3.05) is 19.3 Å². The third-order valence-electron chi connectivity index (χ3n) is 1.78. The first kappa shape index (κ1) is 13.4. The number of nitrogens with one attached hydrogen (secondary N) is 2. The van der Waals surface area contributed by atoms with Crippen LogP contribution >= 0.6 is 11.8 Å². The molecule has 0 fully saturated rings. The molecule has 1 aromatic heterocycles. The van der Waals surface area contributed by atoms with E-state index in [-0.39, 0.29) is 0 Å². The highest BCUT2D eigenvalue weighted by Gasteiger charge is 2.00. The number of nitro groups is 1. The molecular weight excluding hydrogens is 244 g/mol. The molecule has 94 valence electrons. The normalized spacial score (nSPS) is 11.2. The number of aromatic nitrogens is 1. The Labute approximate surface area is 103 Å². The summed E-state index contributed by atoms with van der Waals surface area (Å²) in [6.45, 7) is 0.647. The van der Waals surface area contributed by atoms with Crippen LogP contribution in [0.15, 0.2) is 34.1 Å². The van der Waals surface area contributed by atoms with Gasteiger partial charge in [-0.1, -0.05) is 11.8 Å². The zero-order chi connectivity index (χ0) is 12.5. The van der Waals surface area contributed by atoms with Crippen LogP contribution in [0.5, 0.6) is 0 Å². The van der Waals surface area contributed by atoms with Crippen LogP contribution in [0.3, 0.4) is 0 Å². The van der Waals surface area contributed by atoms with Crippen molar-refractivity contribution >= 4 is 11.8 Å². The first-order valence-electron chi connectivity index (χ1n) is 5.01. The van der Waals surface area contributed by atoms with Crippen LogP contribution in [0.2, 0.25) is 0 Å². The van der Waals surface area contributed by atoms with E-state index in [0.29, 0.717) is 17.6 Å². The predicted octanol–water partition coefficient (Wildman–Crippen LogP) is 1.04. The van der Waals surface area contributed by atoms with Crippen LogP contribution in [0.1, 0.15) is 6.42 Å². The van der Waals surface area contributed by atoms with Crippen molar-refractivity contribution in [2.24, 2.45) is 0 Å². The Hall–Kier alpha value is -1.70. The maximum Gasteiger partial charge on any atom is 0.274 e. The van der Waals surface area contributed by atoms with Gasteiger partial charge in [-0.15, -0.1) is 0 Å². The highest BCUT2D eigenvalue weighted by atomic mass is 32.2. The van der Waals surface area contributed by atoms with E-state index in [2.05, 4.69) is 15.6 Å². The SMILES string of the molecule is CNC(=C[N+](=O)[O-])NCCCSc1ncco1. The van der Waals surface area contributed by atoms with Gasteiger partial charge in [0.05, 0.1) is 11.1 Å². The zero-order valence-corrected chi connectivity index (χ0v) is 10.2. The maximum atomic E-state index is 10.2. The molecule has 0 aliphatic heterocycles. The van der Waals surface area contributed by atoms with Crippen molar-refractivity contribution in [2.45, 2.75) is 11.6 Å². The minimum Gasteiger partial charge on any atom is -0.440 e. The fourth-order valence-electron chi connectivity index (χ4n) is 1.04. The Balaban J connectivity index is 2.13. The summed E-state index contributed by atoms with van der Waals surface area (Å²) in [5, 5.41) is 16.5. The van der Waals surface area contributed by atoms with Crippen LogP contribution in [0.25, 0.3) is 0 Å². The van der Waals surface area contributed by atoms with Crippen molar-refractivity contribution in [3.05, 3.63) is 34.6 Å². The van der Waals surface area contributed by atoms with Gasteiger partial charge in [-0.05, 0) is 6.42 Å². The fourth-order valence-corrected chi connectivity index (χ4v) is 1.76. The largest absolute Gasteiger partial charge is 0.440 e. The summed E-state index contributed by atoms with van der Waals surface area (Å²) in [4.78, 5) is 13.7. The molecular formula is C9H14N4O3S. The first-order valence-corrected chi connectivity index (χ1v) is 6.00. The molecule has 0 saturated heterocycles. The van der Waals surface area contributed by atoms with Crippen molar-refractivity contribution in [1.82, 2.24) is 15.6 Å². The van der Waals surface area contributed by atoms with Crippen LogP contribution < -0.4 is 10.6 Å². The third-order valence-corrected chi connectivity index (χ3v) is 2.72. The molecule has 17 heavy (non-hydrogen) atoms. The van der Waals surface area contributed by atoms with Gasteiger partial charge < -0.3 is 15.1 Å². The molecule has 1 heterocycles. The smallest absolute Gasteiger partial charge is 0.274 e. The third kappa shape index (κ3) is 5.81. The van der Waals surface area contributed by atoms with Crippen LogP contribution in [0.4, 0.5) is 0 Å². The molecule has 1 aromatic rings. The van der Waals surface area contributed by atoms with E-state index < -0.39 is 4.92 Å². The summed E-state index contributed by atoms with van der Waals surface area (Å²) >= 11 is 1.51. The second kappa shape index (κ2) is 7.55. The fraction of sp³-hybridized carbons (Fsp3) is 0.444. The van der Waals surface area contributed by atoms with Gasteiger partial charge in [0, 0.05) is 19.3 Å². The van der Waals surface area contributed by atoms with Gasteiger partial charge in [0.2, 0.25) is 0 Å².